The maximum atomic E-state index is 14.2. The predicted octanol–water partition coefficient (Wildman–Crippen LogP) is 3.10. The second kappa shape index (κ2) is 10.4. The number of nitrogens with one attached hydrogen (secondary N) is 3. The molecule has 37 heavy (non-hydrogen) atoms. The van der Waals surface area contributed by atoms with Crippen LogP contribution in [0, 0.1) is 11.2 Å². The molecule has 5 N–H and O–H groups in total. The molecule has 2 amide bonds. The molecule has 0 spiro atoms. The van der Waals surface area contributed by atoms with Crippen molar-refractivity contribution in [2.75, 3.05) is 7.05 Å². The van der Waals surface area contributed by atoms with Gasteiger partial charge in [0.15, 0.2) is 5.69 Å². The smallest absolute Gasteiger partial charge is 0.272 e. The molecule has 2 heterocycles. The second-order valence-corrected chi connectivity index (χ2v) is 8.91. The second-order valence-electron chi connectivity index (χ2n) is 8.91. The van der Waals surface area contributed by atoms with E-state index < -0.39 is 35.9 Å². The van der Waals surface area contributed by atoms with Gasteiger partial charge in [-0.1, -0.05) is 0 Å². The van der Waals surface area contributed by atoms with E-state index in [0.29, 0.717) is 22.2 Å². The molecule has 4 rings (SSSR count). The van der Waals surface area contributed by atoms with Crippen LogP contribution < -0.4 is 16.4 Å². The van der Waals surface area contributed by atoms with Crippen molar-refractivity contribution in [1.29, 1.82) is 5.41 Å². The Labute approximate surface area is 210 Å². The highest BCUT2D eigenvalue weighted by Gasteiger charge is 2.42. The molecule has 2 aromatic heterocycles. The number of primary amides is 1. The maximum Gasteiger partial charge on any atom is 0.272 e. The molecule has 1 fully saturated rings. The first-order chi connectivity index (χ1) is 17.6. The van der Waals surface area contributed by atoms with Crippen LogP contribution in [0.5, 0.6) is 0 Å². The fourth-order valence-electron chi connectivity index (χ4n) is 4.61. The number of allylic oxidation sites excluding steroid dienone is 1. The fourth-order valence-corrected chi connectivity index (χ4v) is 4.61. The summed E-state index contributed by atoms with van der Waals surface area (Å²) in [6.45, 7) is -0.407. The molecule has 1 unspecified atom stereocenters. The van der Waals surface area contributed by atoms with E-state index in [9.17, 15) is 22.8 Å². The van der Waals surface area contributed by atoms with Gasteiger partial charge in [-0.25, -0.2) is 23.1 Å². The molecule has 0 radical (unpaired) electrons. The molecular weight excluding hydrogens is 487 g/mol. The van der Waals surface area contributed by atoms with Crippen molar-refractivity contribution < 1.29 is 22.8 Å². The van der Waals surface area contributed by atoms with Gasteiger partial charge in [-0.3, -0.25) is 9.59 Å². The van der Waals surface area contributed by atoms with Gasteiger partial charge in [-0.15, -0.1) is 0 Å². The van der Waals surface area contributed by atoms with Gasteiger partial charge in [0.1, 0.15) is 23.7 Å². The van der Waals surface area contributed by atoms with Crippen molar-refractivity contribution in [2.45, 2.75) is 44.2 Å². The summed E-state index contributed by atoms with van der Waals surface area (Å²) < 4.78 is 43.5. The van der Waals surface area contributed by atoms with Crippen LogP contribution in [0.4, 0.5) is 13.2 Å². The number of pyridine rings is 1. The van der Waals surface area contributed by atoms with Crippen molar-refractivity contribution in [2.24, 2.45) is 5.73 Å². The number of alkyl halides is 2. The van der Waals surface area contributed by atoms with Gasteiger partial charge in [0.05, 0.1) is 5.52 Å². The number of aromatic nitrogens is 3. The summed E-state index contributed by atoms with van der Waals surface area (Å²) >= 11 is 0. The van der Waals surface area contributed by atoms with E-state index in [1.807, 2.05) is 0 Å². The van der Waals surface area contributed by atoms with Crippen molar-refractivity contribution in [3.8, 4) is 0 Å². The topological polar surface area (TPSA) is 139 Å². The molecule has 1 saturated carbocycles. The first kappa shape index (κ1) is 25.9. The number of nitrogens with zero attached hydrogens (tertiary/aromatic N) is 3. The minimum absolute atomic E-state index is 0.0574. The Bertz CT molecular complexity index is 1400. The summed E-state index contributed by atoms with van der Waals surface area (Å²) in [7, 11) is 1.66. The number of hydrogen-bond acceptors (Lipinski definition) is 6. The molecule has 194 valence electrons. The zero-order valence-corrected chi connectivity index (χ0v) is 20.0. The number of amides is 2. The molecule has 0 aliphatic heterocycles. The van der Waals surface area contributed by atoms with Gasteiger partial charge in [0.2, 0.25) is 11.8 Å². The zero-order chi connectivity index (χ0) is 26.7. The van der Waals surface area contributed by atoms with Crippen molar-refractivity contribution in [3.05, 3.63) is 65.1 Å². The van der Waals surface area contributed by atoms with Crippen LogP contribution in [0.15, 0.2) is 36.7 Å². The molecule has 1 aliphatic carbocycles. The number of hydrogen-bond donors (Lipinski definition) is 4. The van der Waals surface area contributed by atoms with E-state index in [-0.39, 0.29) is 43.0 Å². The molecular formula is C25H26F3N7O2. The zero-order valence-electron chi connectivity index (χ0n) is 20.0. The standard InChI is InChI=1S/C25H26F3N7O2/c1-31-12-17(10-29)16-6-14(7-18(26)8-16)11-33-24(37)21-22-19(3-5-32-21)34-23(35(22)13-20(30)36)15-2-4-25(27,28)9-15/h3,5-8,10,12,15,29,31H,2,4,9,11,13H2,1H3,(H2,30,36)(H,33,37)/b17-12+,29-10?. The predicted molar refractivity (Wildman–Crippen MR) is 132 cm³/mol. The lowest BCUT2D eigenvalue weighted by atomic mass is 10.0. The number of rotatable bonds is 9. The van der Waals surface area contributed by atoms with Gasteiger partial charge in [-0.2, -0.15) is 0 Å². The molecule has 0 saturated heterocycles. The molecule has 0 bridgehead atoms. The van der Waals surface area contributed by atoms with E-state index in [2.05, 4.69) is 20.6 Å². The Morgan fingerprint density at radius 2 is 2.11 bits per heavy atom. The summed E-state index contributed by atoms with van der Waals surface area (Å²) in [6, 6.07) is 5.71. The van der Waals surface area contributed by atoms with Crippen LogP contribution in [-0.4, -0.2) is 45.5 Å². The van der Waals surface area contributed by atoms with Gasteiger partial charge >= 0.3 is 0 Å². The highest BCUT2D eigenvalue weighted by molar-refractivity contribution is 6.08. The van der Waals surface area contributed by atoms with Gasteiger partial charge in [0.25, 0.3) is 5.91 Å². The van der Waals surface area contributed by atoms with E-state index >= 15 is 0 Å². The fraction of sp³-hybridized carbons (Fsp3) is 0.320. The summed E-state index contributed by atoms with van der Waals surface area (Å²) in [5.74, 6) is -5.05. The molecule has 1 atom stereocenters. The lowest BCUT2D eigenvalue weighted by Crippen LogP contribution is -2.26. The van der Waals surface area contributed by atoms with Crippen LogP contribution in [0.25, 0.3) is 16.6 Å². The van der Waals surface area contributed by atoms with Crippen molar-refractivity contribution >= 4 is 34.6 Å². The Kier molecular flexibility index (Phi) is 7.28. The van der Waals surface area contributed by atoms with Gasteiger partial charge < -0.3 is 26.3 Å². The lowest BCUT2D eigenvalue weighted by Gasteiger charge is -2.14. The number of fused-ring (bicyclic) bond motifs is 1. The van der Waals surface area contributed by atoms with Crippen LogP contribution in [-0.2, 0) is 17.9 Å². The number of nitrogens with two attached hydrogens (primary N) is 1. The quantitative estimate of drug-likeness (QED) is 0.326. The number of carbonyl (C=O) groups is 2. The van der Waals surface area contributed by atoms with Gasteiger partial charge in [-0.05, 0) is 41.8 Å². The number of halogens is 3. The Balaban J connectivity index is 1.66. The Morgan fingerprint density at radius 3 is 2.76 bits per heavy atom. The average molecular weight is 514 g/mol. The highest BCUT2D eigenvalue weighted by Crippen LogP contribution is 2.44. The highest BCUT2D eigenvalue weighted by atomic mass is 19.3. The maximum absolute atomic E-state index is 14.2. The van der Waals surface area contributed by atoms with Crippen LogP contribution >= 0.6 is 0 Å². The molecule has 1 aliphatic rings. The molecule has 1 aromatic carbocycles. The minimum atomic E-state index is -2.83. The summed E-state index contributed by atoms with van der Waals surface area (Å²) in [6.07, 6.45) is 3.48. The summed E-state index contributed by atoms with van der Waals surface area (Å²) in [4.78, 5) is 33.6. The Hall–Kier alpha value is -4.22. The van der Waals surface area contributed by atoms with E-state index in [1.54, 1.807) is 19.3 Å². The van der Waals surface area contributed by atoms with E-state index in [4.69, 9.17) is 11.1 Å². The van der Waals surface area contributed by atoms with Crippen molar-refractivity contribution in [3.63, 3.8) is 0 Å². The van der Waals surface area contributed by atoms with Crippen LogP contribution in [0.1, 0.15) is 52.6 Å². The third-order valence-corrected chi connectivity index (χ3v) is 6.18. The normalized spacial score (nSPS) is 17.1. The molecule has 3 aromatic rings. The van der Waals surface area contributed by atoms with E-state index in [0.717, 1.165) is 6.21 Å². The third kappa shape index (κ3) is 5.63. The van der Waals surface area contributed by atoms with Crippen LogP contribution in [0.3, 0.4) is 0 Å². The number of imidazole rings is 1. The first-order valence-electron chi connectivity index (χ1n) is 11.6. The average Bonchev–Trinajstić information content (AvgIpc) is 3.39. The summed E-state index contributed by atoms with van der Waals surface area (Å²) in [5.41, 5.74) is 7.24. The lowest BCUT2D eigenvalue weighted by molar-refractivity contribution is -0.118. The van der Waals surface area contributed by atoms with Gasteiger partial charge in [0, 0.05) is 56.5 Å². The number of benzene rings is 1. The molecule has 9 nitrogen and oxygen atoms in total. The first-order valence-corrected chi connectivity index (χ1v) is 11.6. The molecule has 12 heteroatoms. The van der Waals surface area contributed by atoms with Crippen LogP contribution in [0.2, 0.25) is 0 Å². The summed E-state index contributed by atoms with van der Waals surface area (Å²) in [5, 5.41) is 13.0. The Morgan fingerprint density at radius 1 is 1.32 bits per heavy atom. The third-order valence-electron chi connectivity index (χ3n) is 6.18. The van der Waals surface area contributed by atoms with Crippen molar-refractivity contribution in [1.82, 2.24) is 25.2 Å². The minimum Gasteiger partial charge on any atom is -0.393 e. The largest absolute Gasteiger partial charge is 0.393 e. The van der Waals surface area contributed by atoms with E-state index in [1.165, 1.54) is 29.0 Å². The SMILES string of the molecule is CN/C=C(\C=N)c1cc(F)cc(CNC(=O)c2nccc3nc(C4CCC(F)(F)C4)n(CC(N)=O)c23)c1. The number of carbonyl (C=O) groups excluding carboxylic acids is 2. The monoisotopic (exact) mass is 513 g/mol.